The number of methoxy groups -OCH3 is 1. The van der Waals surface area contributed by atoms with Crippen molar-refractivity contribution in [1.82, 2.24) is 0 Å². The molecule has 0 atom stereocenters. The van der Waals surface area contributed by atoms with Crippen LogP contribution >= 0.6 is 15.9 Å². The number of benzene rings is 1. The lowest BCUT2D eigenvalue weighted by Gasteiger charge is -2.17. The van der Waals surface area contributed by atoms with Crippen LogP contribution in [-0.4, -0.2) is 18.4 Å². The van der Waals surface area contributed by atoms with Crippen molar-refractivity contribution in [1.29, 1.82) is 0 Å². The van der Waals surface area contributed by atoms with E-state index in [2.05, 4.69) is 15.9 Å². The molecule has 0 heterocycles. The van der Waals surface area contributed by atoms with Crippen molar-refractivity contribution in [3.63, 3.8) is 0 Å². The normalized spacial score (nSPS) is 11.4. The molecule has 1 rings (SSSR count). The van der Waals surface area contributed by atoms with E-state index in [1.54, 1.807) is 7.11 Å². The number of hydrogen-bond donors (Lipinski definition) is 1. The number of carbonyl (C=O) groups is 1. The van der Waals surface area contributed by atoms with E-state index in [1.165, 1.54) is 0 Å². The van der Waals surface area contributed by atoms with E-state index >= 15 is 0 Å². The summed E-state index contributed by atoms with van der Waals surface area (Å²) in [5, 5.41) is 0. The molecule has 0 fully saturated rings. The first-order valence-corrected chi connectivity index (χ1v) is 6.24. The highest BCUT2D eigenvalue weighted by Crippen LogP contribution is 2.24. The van der Waals surface area contributed by atoms with Gasteiger partial charge in [-0.3, -0.25) is 4.79 Å². The SMILES string of the molecule is COc1ccc(Br)cc1CC(=O)CC(C)(C)N. The van der Waals surface area contributed by atoms with Crippen molar-refractivity contribution in [2.45, 2.75) is 32.2 Å². The monoisotopic (exact) mass is 299 g/mol. The van der Waals surface area contributed by atoms with Gasteiger partial charge in [0.1, 0.15) is 11.5 Å². The van der Waals surface area contributed by atoms with Crippen molar-refractivity contribution in [2.75, 3.05) is 7.11 Å². The first-order valence-electron chi connectivity index (χ1n) is 5.45. The van der Waals surface area contributed by atoms with E-state index in [9.17, 15) is 4.79 Å². The highest BCUT2D eigenvalue weighted by Gasteiger charge is 2.18. The van der Waals surface area contributed by atoms with Gasteiger partial charge in [0, 0.05) is 28.4 Å². The van der Waals surface area contributed by atoms with Crippen molar-refractivity contribution < 1.29 is 9.53 Å². The number of carbonyl (C=O) groups excluding carboxylic acids is 1. The second kappa shape index (κ2) is 5.65. The maximum absolute atomic E-state index is 11.9. The first kappa shape index (κ1) is 14.2. The lowest BCUT2D eigenvalue weighted by molar-refractivity contribution is -0.119. The fourth-order valence-corrected chi connectivity index (χ4v) is 2.08. The molecule has 4 heteroatoms. The van der Waals surface area contributed by atoms with Gasteiger partial charge in [0.25, 0.3) is 0 Å². The molecule has 94 valence electrons. The molecule has 0 aliphatic rings. The Morgan fingerprint density at radius 1 is 1.47 bits per heavy atom. The van der Waals surface area contributed by atoms with Crippen molar-refractivity contribution in [3.8, 4) is 5.75 Å². The van der Waals surface area contributed by atoms with Gasteiger partial charge in [-0.1, -0.05) is 15.9 Å². The molecule has 1 aromatic rings. The van der Waals surface area contributed by atoms with Crippen LogP contribution in [0.25, 0.3) is 0 Å². The number of nitrogens with two attached hydrogens (primary N) is 1. The number of rotatable bonds is 5. The predicted molar refractivity (Wildman–Crippen MR) is 72.3 cm³/mol. The maximum atomic E-state index is 11.9. The molecule has 0 radical (unpaired) electrons. The molecule has 17 heavy (non-hydrogen) atoms. The average molecular weight is 300 g/mol. The number of Topliss-reactive ketones (excluding diaryl/α,β-unsaturated/α-hetero) is 1. The third-order valence-electron chi connectivity index (χ3n) is 2.28. The summed E-state index contributed by atoms with van der Waals surface area (Å²) in [4.78, 5) is 11.9. The molecular formula is C13H18BrNO2. The van der Waals surface area contributed by atoms with E-state index in [0.717, 1.165) is 15.8 Å². The van der Waals surface area contributed by atoms with Gasteiger partial charge in [0.05, 0.1) is 7.11 Å². The molecule has 0 amide bonds. The molecule has 1 aromatic carbocycles. The third kappa shape index (κ3) is 4.88. The zero-order chi connectivity index (χ0) is 13.1. The Kier molecular flexibility index (Phi) is 4.71. The van der Waals surface area contributed by atoms with Crippen LogP contribution < -0.4 is 10.5 Å². The zero-order valence-electron chi connectivity index (χ0n) is 10.4. The Balaban J connectivity index is 2.80. The van der Waals surface area contributed by atoms with Crippen molar-refractivity contribution in [2.24, 2.45) is 5.73 Å². The molecule has 0 aliphatic heterocycles. The quantitative estimate of drug-likeness (QED) is 0.909. The molecule has 3 nitrogen and oxygen atoms in total. The van der Waals surface area contributed by atoms with E-state index in [-0.39, 0.29) is 5.78 Å². The Labute approximate surface area is 110 Å². The molecule has 0 spiro atoms. The second-order valence-corrected chi connectivity index (χ2v) is 5.75. The van der Waals surface area contributed by atoms with E-state index in [4.69, 9.17) is 10.5 Å². The topological polar surface area (TPSA) is 52.3 Å². The van der Waals surface area contributed by atoms with Gasteiger partial charge in [-0.2, -0.15) is 0 Å². The van der Waals surface area contributed by atoms with Gasteiger partial charge < -0.3 is 10.5 Å². The van der Waals surface area contributed by atoms with Crippen LogP contribution in [-0.2, 0) is 11.2 Å². The number of ketones is 1. The van der Waals surface area contributed by atoms with Crippen LogP contribution in [0, 0.1) is 0 Å². The summed E-state index contributed by atoms with van der Waals surface area (Å²) in [5.41, 5.74) is 6.25. The minimum atomic E-state index is -0.462. The van der Waals surface area contributed by atoms with Crippen LogP contribution in [0.15, 0.2) is 22.7 Å². The summed E-state index contributed by atoms with van der Waals surface area (Å²) in [6.07, 6.45) is 0.714. The van der Waals surface area contributed by atoms with Crippen molar-refractivity contribution in [3.05, 3.63) is 28.2 Å². The fraction of sp³-hybridized carbons (Fsp3) is 0.462. The summed E-state index contributed by atoms with van der Waals surface area (Å²) in [6, 6.07) is 5.64. The minimum absolute atomic E-state index is 0.119. The fourth-order valence-electron chi connectivity index (χ4n) is 1.67. The summed E-state index contributed by atoms with van der Waals surface area (Å²) >= 11 is 3.39. The lowest BCUT2D eigenvalue weighted by Crippen LogP contribution is -2.35. The summed E-state index contributed by atoms with van der Waals surface area (Å²) in [6.45, 7) is 3.70. The molecule has 0 aromatic heterocycles. The summed E-state index contributed by atoms with van der Waals surface area (Å²) in [7, 11) is 1.60. The highest BCUT2D eigenvalue weighted by molar-refractivity contribution is 9.10. The lowest BCUT2D eigenvalue weighted by atomic mass is 9.95. The first-order chi connectivity index (χ1) is 7.81. The molecule has 0 saturated heterocycles. The highest BCUT2D eigenvalue weighted by atomic mass is 79.9. The summed E-state index contributed by atoms with van der Waals surface area (Å²) in [5.74, 6) is 0.852. The molecule has 0 aliphatic carbocycles. The van der Waals surface area contributed by atoms with Crippen LogP contribution in [0.5, 0.6) is 5.75 Å². The van der Waals surface area contributed by atoms with E-state index in [0.29, 0.717) is 12.8 Å². The van der Waals surface area contributed by atoms with Gasteiger partial charge in [0.15, 0.2) is 0 Å². The maximum Gasteiger partial charge on any atom is 0.139 e. The number of ether oxygens (including phenoxy) is 1. The van der Waals surface area contributed by atoms with Gasteiger partial charge in [-0.25, -0.2) is 0 Å². The van der Waals surface area contributed by atoms with Crippen LogP contribution in [0.2, 0.25) is 0 Å². The van der Waals surface area contributed by atoms with Crippen molar-refractivity contribution >= 4 is 21.7 Å². The molecule has 0 saturated carbocycles. The number of hydrogen-bond acceptors (Lipinski definition) is 3. The van der Waals surface area contributed by atoms with Crippen LogP contribution in [0.3, 0.4) is 0 Å². The molecule has 0 bridgehead atoms. The van der Waals surface area contributed by atoms with Gasteiger partial charge in [-0.05, 0) is 32.0 Å². The van der Waals surface area contributed by atoms with Crippen LogP contribution in [0.1, 0.15) is 25.8 Å². The molecular weight excluding hydrogens is 282 g/mol. The summed E-state index contributed by atoms with van der Waals surface area (Å²) < 4.78 is 6.17. The smallest absolute Gasteiger partial charge is 0.139 e. The standard InChI is InChI=1S/C13H18BrNO2/c1-13(2,15)8-11(16)7-9-6-10(14)4-5-12(9)17-3/h4-6H,7-8,15H2,1-3H3. The van der Waals surface area contributed by atoms with Gasteiger partial charge in [0.2, 0.25) is 0 Å². The van der Waals surface area contributed by atoms with Gasteiger partial charge >= 0.3 is 0 Å². The third-order valence-corrected chi connectivity index (χ3v) is 2.78. The number of halogens is 1. The van der Waals surface area contributed by atoms with E-state index < -0.39 is 5.54 Å². The Morgan fingerprint density at radius 2 is 2.12 bits per heavy atom. The van der Waals surface area contributed by atoms with Crippen LogP contribution in [0.4, 0.5) is 0 Å². The Morgan fingerprint density at radius 3 is 2.65 bits per heavy atom. The largest absolute Gasteiger partial charge is 0.496 e. The van der Waals surface area contributed by atoms with Gasteiger partial charge in [-0.15, -0.1) is 0 Å². The Bertz CT molecular complexity index is 410. The second-order valence-electron chi connectivity index (χ2n) is 4.84. The molecule has 2 N–H and O–H groups in total. The zero-order valence-corrected chi connectivity index (χ0v) is 12.0. The predicted octanol–water partition coefficient (Wildman–Crippen LogP) is 2.70. The minimum Gasteiger partial charge on any atom is -0.496 e. The average Bonchev–Trinajstić information content (AvgIpc) is 2.14. The Hall–Kier alpha value is -0.870. The van der Waals surface area contributed by atoms with E-state index in [1.807, 2.05) is 32.0 Å². The molecule has 0 unspecified atom stereocenters.